The van der Waals surface area contributed by atoms with Gasteiger partial charge in [-0.2, -0.15) is 0 Å². The fourth-order valence-corrected chi connectivity index (χ4v) is 2.33. The lowest BCUT2D eigenvalue weighted by atomic mass is 10.1. The Morgan fingerprint density at radius 1 is 1.33 bits per heavy atom. The number of carbonyl (C=O) groups is 1. The molecule has 0 heterocycles. The highest BCUT2D eigenvalue weighted by Crippen LogP contribution is 2.26. The van der Waals surface area contributed by atoms with Gasteiger partial charge in [-0.25, -0.2) is 4.39 Å². The summed E-state index contributed by atoms with van der Waals surface area (Å²) in [6.07, 6.45) is -0.948. The molecule has 0 saturated carbocycles. The van der Waals surface area contributed by atoms with Gasteiger partial charge in [-0.05, 0) is 41.8 Å². The van der Waals surface area contributed by atoms with Gasteiger partial charge in [0.1, 0.15) is 5.82 Å². The maximum atomic E-state index is 13.1. The van der Waals surface area contributed by atoms with Crippen LogP contribution in [0.3, 0.4) is 0 Å². The minimum absolute atomic E-state index is 0.0360. The monoisotopic (exact) mass is 353 g/mol. The number of aliphatic hydroxyl groups excluding tert-OH is 1. The van der Waals surface area contributed by atoms with Gasteiger partial charge in [-0.15, -0.1) is 0 Å². The smallest absolute Gasteiger partial charge is 0.253 e. The minimum atomic E-state index is -1.43. The van der Waals surface area contributed by atoms with Crippen molar-refractivity contribution in [2.75, 3.05) is 13.7 Å². The highest BCUT2D eigenvalue weighted by Gasteiger charge is 2.18. The van der Waals surface area contributed by atoms with E-state index in [1.54, 1.807) is 12.1 Å². The molecular weight excluding hydrogens is 337 g/mol. The molecule has 128 valence electrons. The second-order valence-electron chi connectivity index (χ2n) is 5.12. The maximum Gasteiger partial charge on any atom is 0.253 e. The van der Waals surface area contributed by atoms with Crippen molar-refractivity contribution in [1.29, 1.82) is 0 Å². The number of amides is 1. The number of phenolic OH excluding ortho intramolecular Hbond substituents is 1. The zero-order chi connectivity index (χ0) is 17.7. The first kappa shape index (κ1) is 18.0. The van der Waals surface area contributed by atoms with Crippen LogP contribution in [0.1, 0.15) is 17.2 Å². The van der Waals surface area contributed by atoms with Gasteiger partial charge in [0.05, 0.1) is 12.1 Å². The first-order valence-corrected chi connectivity index (χ1v) is 7.56. The lowest BCUT2D eigenvalue weighted by molar-refractivity contribution is -0.129. The van der Waals surface area contributed by atoms with Crippen molar-refractivity contribution in [1.82, 2.24) is 5.32 Å². The van der Waals surface area contributed by atoms with Gasteiger partial charge in [0.2, 0.25) is 0 Å². The van der Waals surface area contributed by atoms with Gasteiger partial charge in [-0.3, -0.25) is 4.79 Å². The zero-order valence-corrected chi connectivity index (χ0v) is 13.7. The van der Waals surface area contributed by atoms with Crippen molar-refractivity contribution in [3.8, 4) is 11.5 Å². The second-order valence-corrected chi connectivity index (χ2v) is 5.53. The van der Waals surface area contributed by atoms with E-state index in [-0.39, 0.29) is 22.9 Å². The molecule has 7 heteroatoms. The minimum Gasteiger partial charge on any atom is -0.504 e. The molecule has 2 rings (SSSR count). The van der Waals surface area contributed by atoms with Crippen LogP contribution >= 0.6 is 11.6 Å². The van der Waals surface area contributed by atoms with Crippen LogP contribution in [-0.4, -0.2) is 29.8 Å². The Labute approximate surface area is 143 Å². The first-order chi connectivity index (χ1) is 11.4. The number of hydrogen-bond acceptors (Lipinski definition) is 4. The molecule has 0 radical (unpaired) electrons. The molecular formula is C17H17ClFNO4. The Hall–Kier alpha value is -2.31. The van der Waals surface area contributed by atoms with Crippen LogP contribution in [0.25, 0.3) is 0 Å². The lowest BCUT2D eigenvalue weighted by Gasteiger charge is -2.12. The summed E-state index contributed by atoms with van der Waals surface area (Å²) in [7, 11) is 1.45. The highest BCUT2D eigenvalue weighted by atomic mass is 35.5. The summed E-state index contributed by atoms with van der Waals surface area (Å²) >= 11 is 5.64. The summed E-state index contributed by atoms with van der Waals surface area (Å²) in [4.78, 5) is 11.9. The number of rotatable bonds is 6. The summed E-state index contributed by atoms with van der Waals surface area (Å²) in [5, 5.41) is 21.9. The summed E-state index contributed by atoms with van der Waals surface area (Å²) in [6, 6.07) is 8.49. The predicted molar refractivity (Wildman–Crippen MR) is 87.7 cm³/mol. The number of benzene rings is 2. The van der Waals surface area contributed by atoms with E-state index in [1.165, 1.54) is 25.3 Å². The molecule has 0 aliphatic heterocycles. The topological polar surface area (TPSA) is 78.8 Å². The summed E-state index contributed by atoms with van der Waals surface area (Å²) in [5.41, 5.74) is 1.06. The quantitative estimate of drug-likeness (QED) is 0.746. The van der Waals surface area contributed by atoms with Crippen molar-refractivity contribution in [3.05, 3.63) is 58.4 Å². The van der Waals surface area contributed by atoms with Crippen LogP contribution in [0.4, 0.5) is 4.39 Å². The van der Waals surface area contributed by atoms with E-state index in [4.69, 9.17) is 16.3 Å². The van der Waals surface area contributed by atoms with Crippen LogP contribution in [0.2, 0.25) is 5.02 Å². The van der Waals surface area contributed by atoms with Gasteiger partial charge in [0, 0.05) is 6.54 Å². The number of carbonyl (C=O) groups excluding carboxylic acids is 1. The van der Waals surface area contributed by atoms with Crippen LogP contribution in [0, 0.1) is 5.82 Å². The Morgan fingerprint density at radius 2 is 2.08 bits per heavy atom. The van der Waals surface area contributed by atoms with Gasteiger partial charge in [-0.1, -0.05) is 23.7 Å². The number of halogens is 2. The molecule has 0 spiro atoms. The van der Waals surface area contributed by atoms with E-state index >= 15 is 0 Å². The van der Waals surface area contributed by atoms with Gasteiger partial charge < -0.3 is 20.3 Å². The number of aromatic hydroxyl groups is 1. The van der Waals surface area contributed by atoms with Crippen molar-refractivity contribution in [2.45, 2.75) is 12.5 Å². The van der Waals surface area contributed by atoms with E-state index in [1.807, 2.05) is 0 Å². The molecule has 1 atom stereocenters. The van der Waals surface area contributed by atoms with Crippen LogP contribution in [0.5, 0.6) is 11.5 Å². The highest BCUT2D eigenvalue weighted by molar-refractivity contribution is 6.30. The third kappa shape index (κ3) is 4.37. The molecule has 3 N–H and O–H groups in total. The maximum absolute atomic E-state index is 13.1. The van der Waals surface area contributed by atoms with Crippen LogP contribution in [-0.2, 0) is 11.2 Å². The average Bonchev–Trinajstić information content (AvgIpc) is 2.58. The Morgan fingerprint density at radius 3 is 2.75 bits per heavy atom. The van der Waals surface area contributed by atoms with Crippen LogP contribution in [0.15, 0.2) is 36.4 Å². The van der Waals surface area contributed by atoms with Crippen molar-refractivity contribution in [3.63, 3.8) is 0 Å². The molecule has 2 aromatic rings. The Bertz CT molecular complexity index is 739. The molecule has 0 aliphatic rings. The van der Waals surface area contributed by atoms with Crippen molar-refractivity contribution in [2.24, 2.45) is 0 Å². The first-order valence-electron chi connectivity index (χ1n) is 7.19. The predicted octanol–water partition coefficient (Wildman–Crippen LogP) is 2.59. The van der Waals surface area contributed by atoms with E-state index in [0.29, 0.717) is 12.2 Å². The fourth-order valence-electron chi connectivity index (χ4n) is 2.14. The largest absolute Gasteiger partial charge is 0.504 e. The average molecular weight is 354 g/mol. The molecule has 1 amide bonds. The molecule has 2 aromatic carbocycles. The Balaban J connectivity index is 1.91. The molecule has 24 heavy (non-hydrogen) atoms. The lowest BCUT2D eigenvalue weighted by Crippen LogP contribution is -2.31. The molecule has 1 unspecified atom stereocenters. The normalized spacial score (nSPS) is 11.8. The summed E-state index contributed by atoms with van der Waals surface area (Å²) in [5.74, 6) is -0.841. The zero-order valence-electron chi connectivity index (χ0n) is 12.9. The summed E-state index contributed by atoms with van der Waals surface area (Å²) < 4.78 is 18.1. The number of hydrogen-bond donors (Lipinski definition) is 3. The molecule has 0 aliphatic carbocycles. The van der Waals surface area contributed by atoms with Gasteiger partial charge in [0.15, 0.2) is 17.6 Å². The summed E-state index contributed by atoms with van der Waals surface area (Å²) in [6.45, 7) is 0.277. The van der Waals surface area contributed by atoms with Crippen molar-refractivity contribution >= 4 is 17.5 Å². The Kier molecular flexibility index (Phi) is 6.00. The molecule has 5 nitrogen and oxygen atoms in total. The van der Waals surface area contributed by atoms with Gasteiger partial charge >= 0.3 is 0 Å². The van der Waals surface area contributed by atoms with E-state index in [2.05, 4.69) is 5.32 Å². The fraction of sp³-hybridized carbons (Fsp3) is 0.235. The second kappa shape index (κ2) is 7.99. The number of phenols is 1. The van der Waals surface area contributed by atoms with E-state index < -0.39 is 17.8 Å². The molecule has 0 aromatic heterocycles. The van der Waals surface area contributed by atoms with Crippen molar-refractivity contribution < 1.29 is 24.1 Å². The van der Waals surface area contributed by atoms with E-state index in [9.17, 15) is 19.4 Å². The number of methoxy groups -OCH3 is 1. The standard InChI is InChI=1S/C17H17ClFNO4/c1-24-15-8-10(2-5-14(15)21)6-7-20-17(23)16(22)11-3-4-13(19)12(18)9-11/h2-5,8-9,16,21-22H,6-7H2,1H3,(H,20,23). The SMILES string of the molecule is COc1cc(CCNC(=O)C(O)c2ccc(F)c(Cl)c2)ccc1O. The molecule has 0 bridgehead atoms. The molecule has 0 saturated heterocycles. The number of ether oxygens (including phenoxy) is 1. The number of aliphatic hydroxyl groups is 1. The third-order valence-corrected chi connectivity index (χ3v) is 3.75. The van der Waals surface area contributed by atoms with Gasteiger partial charge in [0.25, 0.3) is 5.91 Å². The third-order valence-electron chi connectivity index (χ3n) is 3.46. The molecule has 0 fully saturated rings. The number of nitrogens with one attached hydrogen (secondary N) is 1. The van der Waals surface area contributed by atoms with Crippen LogP contribution < -0.4 is 10.1 Å². The van der Waals surface area contributed by atoms with E-state index in [0.717, 1.165) is 11.6 Å².